The van der Waals surface area contributed by atoms with Gasteiger partial charge in [0.15, 0.2) is 6.10 Å². The largest absolute Gasteiger partial charge is 0.467 e. The fourth-order valence-corrected chi connectivity index (χ4v) is 2.57. The number of nitro benzene ring substituents is 1. The number of rotatable bonds is 4. The number of non-ortho nitro benzene ring substituents is 1. The van der Waals surface area contributed by atoms with Crippen LogP contribution in [-0.4, -0.2) is 42.3 Å². The lowest BCUT2D eigenvalue weighted by atomic mass is 9.91. The van der Waals surface area contributed by atoms with Crippen LogP contribution in [0.3, 0.4) is 0 Å². The second-order valence-electron chi connectivity index (χ2n) is 5.07. The number of esters is 1. The molecule has 1 unspecified atom stereocenters. The smallest absolute Gasteiger partial charge is 0.334 e. The first-order valence-corrected chi connectivity index (χ1v) is 6.78. The third kappa shape index (κ3) is 3.49. The number of aliphatic hydroxyl groups excluding tert-OH is 1. The molecular weight excluding hydrogens is 276 g/mol. The summed E-state index contributed by atoms with van der Waals surface area (Å²) in [7, 11) is 1.26. The Balaban J connectivity index is 1.94. The first-order valence-electron chi connectivity index (χ1n) is 6.78. The van der Waals surface area contributed by atoms with Crippen LogP contribution >= 0.6 is 0 Å². The van der Waals surface area contributed by atoms with Crippen molar-refractivity contribution in [2.45, 2.75) is 18.9 Å². The lowest BCUT2D eigenvalue weighted by molar-refractivity contribution is -0.384. The Morgan fingerprint density at radius 3 is 2.43 bits per heavy atom. The average molecular weight is 294 g/mol. The van der Waals surface area contributed by atoms with Crippen molar-refractivity contribution >= 4 is 17.3 Å². The molecule has 1 aliphatic rings. The third-order valence-electron chi connectivity index (χ3n) is 3.85. The predicted octanol–water partition coefficient (Wildman–Crippen LogP) is 1.35. The van der Waals surface area contributed by atoms with Gasteiger partial charge in [0.25, 0.3) is 5.69 Å². The Morgan fingerprint density at radius 1 is 1.38 bits per heavy atom. The molecule has 0 amide bonds. The van der Waals surface area contributed by atoms with Gasteiger partial charge >= 0.3 is 5.97 Å². The van der Waals surface area contributed by atoms with E-state index in [9.17, 15) is 20.0 Å². The molecular formula is C14H18N2O5. The Kier molecular flexibility index (Phi) is 4.74. The molecule has 0 bridgehead atoms. The van der Waals surface area contributed by atoms with Gasteiger partial charge in [0.2, 0.25) is 0 Å². The monoisotopic (exact) mass is 294 g/mol. The molecule has 7 heteroatoms. The van der Waals surface area contributed by atoms with Crippen molar-refractivity contribution in [3.63, 3.8) is 0 Å². The number of hydrogen-bond acceptors (Lipinski definition) is 6. The van der Waals surface area contributed by atoms with Crippen LogP contribution in [0.1, 0.15) is 12.8 Å². The number of hydrogen-bond donors (Lipinski definition) is 1. The summed E-state index contributed by atoms with van der Waals surface area (Å²) < 4.78 is 4.55. The standard InChI is InChI=1S/C14H18N2O5/c1-21-14(18)13(17)10-6-8-15(9-7-10)11-2-4-12(5-3-11)16(19)20/h2-5,10,13,17H,6-9H2,1H3. The molecule has 1 aromatic carbocycles. The molecule has 1 saturated heterocycles. The van der Waals surface area contributed by atoms with Crippen molar-refractivity contribution in [2.24, 2.45) is 5.92 Å². The number of nitrogens with zero attached hydrogens (tertiary/aromatic N) is 2. The maximum absolute atomic E-state index is 11.3. The summed E-state index contributed by atoms with van der Waals surface area (Å²) in [5.74, 6) is -0.699. The van der Waals surface area contributed by atoms with Gasteiger partial charge in [-0.15, -0.1) is 0 Å². The molecule has 0 spiro atoms. The van der Waals surface area contributed by atoms with Gasteiger partial charge in [-0.2, -0.15) is 0 Å². The Labute approximate surface area is 122 Å². The molecule has 0 radical (unpaired) electrons. The number of piperidine rings is 1. The van der Waals surface area contributed by atoms with Crippen molar-refractivity contribution in [3.8, 4) is 0 Å². The fourth-order valence-electron chi connectivity index (χ4n) is 2.57. The number of methoxy groups -OCH3 is 1. The summed E-state index contributed by atoms with van der Waals surface area (Å²) in [6.45, 7) is 1.38. The summed E-state index contributed by atoms with van der Waals surface area (Å²) in [5.41, 5.74) is 0.973. The minimum Gasteiger partial charge on any atom is -0.467 e. The highest BCUT2D eigenvalue weighted by atomic mass is 16.6. The zero-order valence-corrected chi connectivity index (χ0v) is 11.8. The predicted molar refractivity (Wildman–Crippen MR) is 76.1 cm³/mol. The summed E-state index contributed by atoms with van der Waals surface area (Å²) in [4.78, 5) is 23.6. The lowest BCUT2D eigenvalue weighted by Crippen LogP contribution is -2.40. The maximum atomic E-state index is 11.3. The van der Waals surface area contributed by atoms with Crippen LogP contribution in [0.15, 0.2) is 24.3 Å². The van der Waals surface area contributed by atoms with Gasteiger partial charge in [0, 0.05) is 30.9 Å². The highest BCUT2D eigenvalue weighted by Crippen LogP contribution is 2.27. The second kappa shape index (κ2) is 6.53. The van der Waals surface area contributed by atoms with Gasteiger partial charge in [0.05, 0.1) is 12.0 Å². The minimum atomic E-state index is -1.07. The Hall–Kier alpha value is -2.15. The van der Waals surface area contributed by atoms with Crippen molar-refractivity contribution in [1.82, 2.24) is 0 Å². The van der Waals surface area contributed by atoms with E-state index >= 15 is 0 Å². The van der Waals surface area contributed by atoms with E-state index < -0.39 is 17.0 Å². The fraction of sp³-hybridized carbons (Fsp3) is 0.500. The number of aliphatic hydroxyl groups is 1. The molecule has 0 aromatic heterocycles. The van der Waals surface area contributed by atoms with Crippen molar-refractivity contribution in [2.75, 3.05) is 25.1 Å². The molecule has 2 rings (SSSR count). The van der Waals surface area contributed by atoms with Gasteiger partial charge in [-0.25, -0.2) is 4.79 Å². The van der Waals surface area contributed by atoms with E-state index in [0.29, 0.717) is 25.9 Å². The molecule has 1 atom stereocenters. The quantitative estimate of drug-likeness (QED) is 0.512. The summed E-state index contributed by atoms with van der Waals surface area (Å²) in [6, 6.07) is 6.39. The van der Waals surface area contributed by atoms with E-state index in [-0.39, 0.29) is 11.6 Å². The van der Waals surface area contributed by atoms with E-state index in [0.717, 1.165) is 5.69 Å². The average Bonchev–Trinajstić information content (AvgIpc) is 2.53. The molecule has 7 nitrogen and oxygen atoms in total. The molecule has 1 aliphatic heterocycles. The number of nitro groups is 1. The van der Waals surface area contributed by atoms with Gasteiger partial charge in [-0.3, -0.25) is 10.1 Å². The highest BCUT2D eigenvalue weighted by molar-refractivity contribution is 5.74. The third-order valence-corrected chi connectivity index (χ3v) is 3.85. The summed E-state index contributed by atoms with van der Waals surface area (Å²) in [6.07, 6.45) is 0.273. The second-order valence-corrected chi connectivity index (χ2v) is 5.07. The topological polar surface area (TPSA) is 92.9 Å². The van der Waals surface area contributed by atoms with Gasteiger partial charge in [-0.05, 0) is 30.9 Å². The van der Waals surface area contributed by atoms with E-state index in [4.69, 9.17) is 0 Å². The summed E-state index contributed by atoms with van der Waals surface area (Å²) in [5, 5.41) is 20.4. The highest BCUT2D eigenvalue weighted by Gasteiger charge is 2.30. The molecule has 0 saturated carbocycles. The summed E-state index contributed by atoms with van der Waals surface area (Å²) >= 11 is 0. The van der Waals surface area contributed by atoms with E-state index in [1.807, 2.05) is 0 Å². The number of carbonyl (C=O) groups excluding carboxylic acids is 1. The SMILES string of the molecule is COC(=O)C(O)C1CCN(c2ccc([N+](=O)[O-])cc2)CC1. The molecule has 114 valence electrons. The van der Waals surface area contributed by atoms with Crippen LogP contribution in [0.5, 0.6) is 0 Å². The van der Waals surface area contributed by atoms with Gasteiger partial charge in [-0.1, -0.05) is 0 Å². The number of ether oxygens (including phenoxy) is 1. The first kappa shape index (κ1) is 15.2. The van der Waals surface area contributed by atoms with E-state index in [2.05, 4.69) is 9.64 Å². The normalized spacial score (nSPS) is 17.3. The Bertz CT molecular complexity index is 509. The minimum absolute atomic E-state index is 0.0646. The number of anilines is 1. The van der Waals surface area contributed by atoms with Crippen LogP contribution in [0.25, 0.3) is 0 Å². The van der Waals surface area contributed by atoms with Crippen molar-refractivity contribution < 1.29 is 19.6 Å². The van der Waals surface area contributed by atoms with Crippen LogP contribution in [-0.2, 0) is 9.53 Å². The van der Waals surface area contributed by atoms with Gasteiger partial charge in [0.1, 0.15) is 0 Å². The van der Waals surface area contributed by atoms with Crippen LogP contribution in [0.4, 0.5) is 11.4 Å². The first-order chi connectivity index (χ1) is 10.0. The molecule has 1 fully saturated rings. The zero-order valence-electron chi connectivity index (χ0n) is 11.8. The van der Waals surface area contributed by atoms with Crippen LogP contribution in [0.2, 0.25) is 0 Å². The van der Waals surface area contributed by atoms with Crippen molar-refractivity contribution in [3.05, 3.63) is 34.4 Å². The Morgan fingerprint density at radius 2 is 1.95 bits per heavy atom. The lowest BCUT2D eigenvalue weighted by Gasteiger charge is -2.34. The number of carbonyl (C=O) groups is 1. The molecule has 21 heavy (non-hydrogen) atoms. The van der Waals surface area contributed by atoms with Crippen LogP contribution in [0, 0.1) is 16.0 Å². The van der Waals surface area contributed by atoms with Crippen LogP contribution < -0.4 is 4.90 Å². The van der Waals surface area contributed by atoms with E-state index in [1.54, 1.807) is 12.1 Å². The molecule has 1 aromatic rings. The molecule has 1 N–H and O–H groups in total. The van der Waals surface area contributed by atoms with Gasteiger partial charge < -0.3 is 14.7 Å². The van der Waals surface area contributed by atoms with E-state index in [1.165, 1.54) is 19.2 Å². The number of benzene rings is 1. The molecule has 0 aliphatic carbocycles. The maximum Gasteiger partial charge on any atom is 0.334 e. The molecule has 1 heterocycles. The zero-order chi connectivity index (χ0) is 15.4. The van der Waals surface area contributed by atoms with Crippen molar-refractivity contribution in [1.29, 1.82) is 0 Å².